The van der Waals surface area contributed by atoms with E-state index in [1.807, 2.05) is 13.8 Å². The van der Waals surface area contributed by atoms with Crippen LogP contribution in [0.5, 0.6) is 0 Å². The van der Waals surface area contributed by atoms with Gasteiger partial charge in [0.05, 0.1) is 12.1 Å². The monoisotopic (exact) mass is 485 g/mol. The summed E-state index contributed by atoms with van der Waals surface area (Å²) in [5, 5.41) is 6.99. The highest BCUT2D eigenvalue weighted by Crippen LogP contribution is 2.35. The fraction of sp³-hybridized carbons (Fsp3) is 0.375. The molecule has 0 saturated heterocycles. The Kier molecular flexibility index (Phi) is 6.81. The SMILES string of the molecule is CNCc1cc(S(=O)(=O)NC(=O)Cc2c(-c3ccncc3)cc(F)c3c2CCC3)nn1C(C)C. The van der Waals surface area contributed by atoms with Gasteiger partial charge >= 0.3 is 0 Å². The summed E-state index contributed by atoms with van der Waals surface area (Å²) in [6, 6.07) is 6.34. The Hall–Kier alpha value is -3.11. The number of fused-ring (bicyclic) bond motifs is 1. The average Bonchev–Trinajstić information content (AvgIpc) is 3.44. The zero-order chi connectivity index (χ0) is 24.5. The van der Waals surface area contributed by atoms with Gasteiger partial charge in [-0.05, 0) is 86.2 Å². The normalized spacial score (nSPS) is 13.3. The van der Waals surface area contributed by atoms with Crippen LogP contribution < -0.4 is 10.0 Å². The largest absolute Gasteiger partial charge is 0.314 e. The van der Waals surface area contributed by atoms with Crippen molar-refractivity contribution in [1.29, 1.82) is 0 Å². The second-order valence-electron chi connectivity index (χ2n) is 8.68. The molecule has 0 radical (unpaired) electrons. The lowest BCUT2D eigenvalue weighted by atomic mass is 9.91. The predicted octanol–water partition coefficient (Wildman–Crippen LogP) is 2.92. The van der Waals surface area contributed by atoms with Crippen LogP contribution in [0.2, 0.25) is 0 Å². The van der Waals surface area contributed by atoms with Crippen LogP contribution in [-0.4, -0.2) is 36.1 Å². The Bertz CT molecular complexity index is 1320. The van der Waals surface area contributed by atoms with Crippen LogP contribution in [0.1, 0.15) is 48.7 Å². The Balaban J connectivity index is 1.65. The number of aromatic nitrogens is 3. The average molecular weight is 486 g/mol. The van der Waals surface area contributed by atoms with Crippen molar-refractivity contribution in [3.8, 4) is 11.1 Å². The second kappa shape index (κ2) is 9.63. The summed E-state index contributed by atoms with van der Waals surface area (Å²) in [7, 11) is -2.42. The standard InChI is InChI=1S/C24H28FN5O3S/c1-15(2)30-17(14-26-3)11-24(28-30)34(32,33)29-23(31)13-21-18-5-4-6-19(18)22(25)12-20(21)16-7-9-27-10-8-16/h7-12,15,26H,4-6,13-14H2,1-3H3,(H,29,31). The number of hydrogen-bond donors (Lipinski definition) is 2. The van der Waals surface area contributed by atoms with Crippen LogP contribution in [0.25, 0.3) is 11.1 Å². The molecule has 1 aliphatic rings. The minimum Gasteiger partial charge on any atom is -0.314 e. The summed E-state index contributed by atoms with van der Waals surface area (Å²) in [5.41, 5.74) is 4.05. The zero-order valence-corrected chi connectivity index (χ0v) is 20.2. The van der Waals surface area contributed by atoms with E-state index in [9.17, 15) is 17.6 Å². The van der Waals surface area contributed by atoms with E-state index in [1.165, 1.54) is 12.1 Å². The molecule has 180 valence electrons. The second-order valence-corrected chi connectivity index (χ2v) is 10.3. The topological polar surface area (TPSA) is 106 Å². The van der Waals surface area contributed by atoms with Crippen LogP contribution >= 0.6 is 0 Å². The molecule has 10 heteroatoms. The number of hydrogen-bond acceptors (Lipinski definition) is 6. The van der Waals surface area contributed by atoms with Crippen LogP contribution in [0.4, 0.5) is 4.39 Å². The molecule has 0 atom stereocenters. The first-order chi connectivity index (χ1) is 16.2. The highest BCUT2D eigenvalue weighted by Gasteiger charge is 2.27. The van der Waals surface area contributed by atoms with E-state index in [-0.39, 0.29) is 23.3 Å². The van der Waals surface area contributed by atoms with Gasteiger partial charge in [-0.3, -0.25) is 14.5 Å². The van der Waals surface area contributed by atoms with E-state index >= 15 is 0 Å². The van der Waals surface area contributed by atoms with Crippen molar-refractivity contribution in [1.82, 2.24) is 24.8 Å². The van der Waals surface area contributed by atoms with Gasteiger partial charge < -0.3 is 5.32 Å². The summed E-state index contributed by atoms with van der Waals surface area (Å²) in [5.74, 6) is -0.988. The first-order valence-electron chi connectivity index (χ1n) is 11.2. The van der Waals surface area contributed by atoms with Crippen molar-refractivity contribution in [2.45, 2.75) is 57.1 Å². The molecule has 1 amide bonds. The predicted molar refractivity (Wildman–Crippen MR) is 126 cm³/mol. The molecule has 1 aromatic carbocycles. The number of nitrogens with zero attached hydrogens (tertiary/aromatic N) is 3. The molecule has 0 bridgehead atoms. The van der Waals surface area contributed by atoms with Crippen LogP contribution in [0.3, 0.4) is 0 Å². The van der Waals surface area contributed by atoms with Crippen molar-refractivity contribution in [3.63, 3.8) is 0 Å². The summed E-state index contributed by atoms with van der Waals surface area (Å²) < 4.78 is 44.5. The highest BCUT2D eigenvalue weighted by atomic mass is 32.2. The molecule has 2 aromatic heterocycles. The molecule has 0 fully saturated rings. The molecule has 3 aromatic rings. The van der Waals surface area contributed by atoms with Crippen molar-refractivity contribution < 1.29 is 17.6 Å². The third kappa shape index (κ3) is 4.74. The van der Waals surface area contributed by atoms with Crippen molar-refractivity contribution in [2.75, 3.05) is 7.05 Å². The van der Waals surface area contributed by atoms with E-state index < -0.39 is 15.9 Å². The number of halogens is 1. The van der Waals surface area contributed by atoms with Crippen molar-refractivity contribution in [3.05, 3.63) is 64.9 Å². The molecule has 2 heterocycles. The Morgan fingerprint density at radius 2 is 1.88 bits per heavy atom. The maximum Gasteiger partial charge on any atom is 0.283 e. The number of carbonyl (C=O) groups excluding carboxylic acids is 1. The Morgan fingerprint density at radius 3 is 2.56 bits per heavy atom. The summed E-state index contributed by atoms with van der Waals surface area (Å²) in [4.78, 5) is 17.0. The van der Waals surface area contributed by atoms with Gasteiger partial charge in [0.1, 0.15) is 5.82 Å². The smallest absolute Gasteiger partial charge is 0.283 e. The van der Waals surface area contributed by atoms with Crippen LogP contribution in [-0.2, 0) is 40.6 Å². The molecular formula is C24H28FN5O3S. The Morgan fingerprint density at radius 1 is 1.18 bits per heavy atom. The Labute approximate surface area is 198 Å². The van der Waals surface area contributed by atoms with Gasteiger partial charge in [-0.2, -0.15) is 13.5 Å². The number of benzene rings is 1. The third-order valence-electron chi connectivity index (χ3n) is 5.96. The van der Waals surface area contributed by atoms with E-state index in [0.29, 0.717) is 41.8 Å². The van der Waals surface area contributed by atoms with Gasteiger partial charge in [0.25, 0.3) is 10.0 Å². The molecule has 0 aliphatic heterocycles. The lowest BCUT2D eigenvalue weighted by Crippen LogP contribution is -2.32. The number of sulfonamides is 1. The first kappa shape index (κ1) is 24.0. The maximum atomic E-state index is 14.8. The molecule has 34 heavy (non-hydrogen) atoms. The minimum absolute atomic E-state index is 0.0484. The zero-order valence-electron chi connectivity index (χ0n) is 19.4. The quantitative estimate of drug-likeness (QED) is 0.508. The van der Waals surface area contributed by atoms with Crippen molar-refractivity contribution in [2.24, 2.45) is 0 Å². The van der Waals surface area contributed by atoms with E-state index in [0.717, 1.165) is 17.5 Å². The number of carbonyl (C=O) groups is 1. The summed E-state index contributed by atoms with van der Waals surface area (Å²) >= 11 is 0. The summed E-state index contributed by atoms with van der Waals surface area (Å²) in [6.45, 7) is 4.24. The highest BCUT2D eigenvalue weighted by molar-refractivity contribution is 7.90. The first-order valence-corrected chi connectivity index (χ1v) is 12.7. The molecule has 0 saturated carbocycles. The fourth-order valence-corrected chi connectivity index (χ4v) is 5.46. The van der Waals surface area contributed by atoms with Crippen LogP contribution in [0, 0.1) is 5.82 Å². The van der Waals surface area contributed by atoms with Crippen LogP contribution in [0.15, 0.2) is 41.7 Å². The molecule has 4 rings (SSSR count). The molecule has 1 aliphatic carbocycles. The van der Waals surface area contributed by atoms with Crippen molar-refractivity contribution >= 4 is 15.9 Å². The third-order valence-corrected chi connectivity index (χ3v) is 7.20. The van der Waals surface area contributed by atoms with Gasteiger partial charge in [-0.25, -0.2) is 9.11 Å². The number of nitrogens with one attached hydrogen (secondary N) is 2. The molecule has 0 spiro atoms. The van der Waals surface area contributed by atoms with E-state index in [1.54, 1.807) is 36.3 Å². The number of rotatable bonds is 8. The molecule has 2 N–H and O–H groups in total. The fourth-order valence-electron chi connectivity index (χ4n) is 4.49. The van der Waals surface area contributed by atoms with E-state index in [4.69, 9.17) is 0 Å². The molecule has 8 nitrogen and oxygen atoms in total. The number of pyridine rings is 1. The minimum atomic E-state index is -4.18. The van der Waals surface area contributed by atoms with Gasteiger partial charge in [0, 0.05) is 31.0 Å². The number of amides is 1. The maximum absolute atomic E-state index is 14.8. The summed E-state index contributed by atoms with van der Waals surface area (Å²) in [6.07, 6.45) is 5.05. The van der Waals surface area contributed by atoms with Gasteiger partial charge in [-0.15, -0.1) is 0 Å². The lowest BCUT2D eigenvalue weighted by Gasteiger charge is -2.16. The molecular weight excluding hydrogens is 457 g/mol. The van der Waals surface area contributed by atoms with E-state index in [2.05, 4.69) is 20.1 Å². The van der Waals surface area contributed by atoms with Gasteiger partial charge in [0.2, 0.25) is 5.91 Å². The van der Waals surface area contributed by atoms with Gasteiger partial charge in [-0.1, -0.05) is 0 Å². The lowest BCUT2D eigenvalue weighted by molar-refractivity contribution is -0.118. The molecule has 0 unspecified atom stereocenters. The van der Waals surface area contributed by atoms with Gasteiger partial charge in [0.15, 0.2) is 5.03 Å².